The number of pyridine rings is 1. The Morgan fingerprint density at radius 1 is 0.403 bits per heavy atom. The van der Waals surface area contributed by atoms with Crippen molar-refractivity contribution in [3.05, 3.63) is 161 Å². The summed E-state index contributed by atoms with van der Waals surface area (Å²) in [6.45, 7) is 0. The molecule has 6 aromatic carbocycles. The Hall–Kier alpha value is -7.28. The largest absolute Gasteiger partial charge is 0.416 e. The Labute approximate surface area is 341 Å². The van der Waals surface area contributed by atoms with Crippen molar-refractivity contribution in [1.82, 2.24) is 14.1 Å². The third kappa shape index (κ3) is 6.73. The lowest BCUT2D eigenvalue weighted by Gasteiger charge is -2.20. The Bertz CT molecular complexity index is 3170. The van der Waals surface area contributed by atoms with E-state index in [1.165, 1.54) is 12.1 Å². The van der Waals surface area contributed by atoms with E-state index < -0.39 is 47.0 Å². The Balaban J connectivity index is 1.50. The van der Waals surface area contributed by atoms with Crippen LogP contribution < -0.4 is 0 Å². The maximum atomic E-state index is 14.4. The molecule has 4 nitrogen and oxygen atoms in total. The van der Waals surface area contributed by atoms with Gasteiger partial charge in [-0.3, -0.25) is 0 Å². The lowest BCUT2D eigenvalue weighted by Crippen LogP contribution is -2.09. The van der Waals surface area contributed by atoms with Gasteiger partial charge in [0.2, 0.25) is 0 Å². The molecule has 310 valence electrons. The van der Waals surface area contributed by atoms with E-state index in [1.807, 2.05) is 6.07 Å². The van der Waals surface area contributed by atoms with Crippen LogP contribution in [0.4, 0.5) is 52.7 Å². The van der Waals surface area contributed by atoms with Crippen LogP contribution in [-0.4, -0.2) is 14.1 Å². The van der Waals surface area contributed by atoms with Crippen LogP contribution in [0.2, 0.25) is 0 Å². The van der Waals surface area contributed by atoms with Gasteiger partial charge >= 0.3 is 24.7 Å². The van der Waals surface area contributed by atoms with Gasteiger partial charge in [0.1, 0.15) is 0 Å². The molecular weight excluding hydrogens is 837 g/mol. The highest BCUT2D eigenvalue weighted by atomic mass is 19.4. The minimum Gasteiger partial charge on any atom is -0.307 e. The topological polar surface area (TPSA) is 46.5 Å². The van der Waals surface area contributed by atoms with E-state index in [9.17, 15) is 57.9 Å². The van der Waals surface area contributed by atoms with E-state index in [0.29, 0.717) is 35.5 Å². The summed E-state index contributed by atoms with van der Waals surface area (Å²) < 4.78 is 175. The molecule has 0 aliphatic heterocycles. The monoisotopic (exact) mass is 858 g/mol. The minimum absolute atomic E-state index is 0.00860. The molecule has 0 atom stereocenters. The maximum absolute atomic E-state index is 14.4. The lowest BCUT2D eigenvalue weighted by atomic mass is 10.0. The molecule has 0 amide bonds. The van der Waals surface area contributed by atoms with Crippen LogP contribution >= 0.6 is 0 Å². The van der Waals surface area contributed by atoms with Crippen molar-refractivity contribution >= 4 is 43.6 Å². The summed E-state index contributed by atoms with van der Waals surface area (Å²) in [6, 6.07) is 27.7. The molecule has 0 radical (unpaired) electrons. The predicted molar refractivity (Wildman–Crippen MR) is 209 cm³/mol. The first-order valence-electron chi connectivity index (χ1n) is 18.3. The van der Waals surface area contributed by atoms with E-state index in [2.05, 4.69) is 0 Å². The second-order valence-corrected chi connectivity index (χ2v) is 14.4. The predicted octanol–water partition coefficient (Wildman–Crippen LogP) is 14.6. The van der Waals surface area contributed by atoms with E-state index in [0.717, 1.165) is 63.7 Å². The summed E-state index contributed by atoms with van der Waals surface area (Å²) in [6.07, 6.45) is -19.9. The maximum Gasteiger partial charge on any atom is 0.416 e. The third-order valence-corrected chi connectivity index (χ3v) is 10.7. The summed E-state index contributed by atoms with van der Waals surface area (Å²) in [5.41, 5.74) is -5.90. The number of halogens is 12. The van der Waals surface area contributed by atoms with Crippen molar-refractivity contribution in [2.75, 3.05) is 0 Å². The molecule has 62 heavy (non-hydrogen) atoms. The van der Waals surface area contributed by atoms with Crippen molar-refractivity contribution in [2.24, 2.45) is 0 Å². The van der Waals surface area contributed by atoms with Gasteiger partial charge in [-0.1, -0.05) is 60.7 Å². The Kier molecular flexibility index (Phi) is 8.99. The van der Waals surface area contributed by atoms with Crippen molar-refractivity contribution in [3.63, 3.8) is 0 Å². The van der Waals surface area contributed by atoms with Crippen LogP contribution in [-0.2, 0) is 24.7 Å². The van der Waals surface area contributed by atoms with Gasteiger partial charge < -0.3 is 9.13 Å². The number of fused-ring (bicyclic) bond motifs is 6. The zero-order valence-corrected chi connectivity index (χ0v) is 31.0. The van der Waals surface area contributed by atoms with Gasteiger partial charge in [0, 0.05) is 32.7 Å². The highest BCUT2D eigenvalue weighted by molar-refractivity contribution is 6.12. The number of rotatable bonds is 4. The second kappa shape index (κ2) is 13.9. The van der Waals surface area contributed by atoms with Crippen molar-refractivity contribution in [1.29, 1.82) is 5.26 Å². The molecule has 0 spiro atoms. The van der Waals surface area contributed by atoms with Gasteiger partial charge in [-0.05, 0) is 72.8 Å². The van der Waals surface area contributed by atoms with Crippen LogP contribution in [0.1, 0.15) is 27.8 Å². The number of alkyl halides is 12. The zero-order valence-electron chi connectivity index (χ0n) is 31.0. The fourth-order valence-corrected chi connectivity index (χ4v) is 7.86. The number of hydrogen-bond acceptors (Lipinski definition) is 2. The molecule has 0 saturated carbocycles. The van der Waals surface area contributed by atoms with E-state index in [1.54, 1.807) is 42.5 Å². The molecule has 0 saturated heterocycles. The third-order valence-electron chi connectivity index (χ3n) is 10.7. The summed E-state index contributed by atoms with van der Waals surface area (Å²) in [4.78, 5) is 4.72. The highest BCUT2D eigenvalue weighted by Gasteiger charge is 2.36. The van der Waals surface area contributed by atoms with Crippen LogP contribution in [0, 0.1) is 11.3 Å². The van der Waals surface area contributed by atoms with Crippen molar-refractivity contribution < 1.29 is 52.7 Å². The smallest absolute Gasteiger partial charge is 0.307 e. The first-order chi connectivity index (χ1) is 29.2. The minimum atomic E-state index is -4.97. The summed E-state index contributed by atoms with van der Waals surface area (Å²) in [7, 11) is 0. The van der Waals surface area contributed by atoms with Crippen LogP contribution in [0.3, 0.4) is 0 Å². The summed E-state index contributed by atoms with van der Waals surface area (Å²) in [5, 5.41) is 10.8. The molecule has 9 aromatic rings. The molecule has 3 aromatic heterocycles. The number of benzene rings is 6. The zero-order chi connectivity index (χ0) is 44.1. The molecule has 0 aliphatic rings. The van der Waals surface area contributed by atoms with Crippen LogP contribution in [0.5, 0.6) is 0 Å². The molecule has 0 fully saturated rings. The summed E-state index contributed by atoms with van der Waals surface area (Å²) >= 11 is 0. The van der Waals surface area contributed by atoms with Gasteiger partial charge in [0.15, 0.2) is 0 Å². The molecular formula is C46H22F12N4. The normalized spacial score (nSPS) is 12.8. The quantitative estimate of drug-likeness (QED) is 0.166. The highest BCUT2D eigenvalue weighted by Crippen LogP contribution is 2.45. The molecule has 9 rings (SSSR count). The van der Waals surface area contributed by atoms with Crippen LogP contribution in [0.25, 0.3) is 77.5 Å². The fraction of sp³-hybridized carbons (Fsp3) is 0.0870. The van der Waals surface area contributed by atoms with E-state index in [4.69, 9.17) is 4.98 Å². The molecule has 0 aliphatic carbocycles. The molecule has 0 N–H and O–H groups in total. The van der Waals surface area contributed by atoms with E-state index in [-0.39, 0.29) is 71.8 Å². The van der Waals surface area contributed by atoms with Gasteiger partial charge in [0.25, 0.3) is 0 Å². The lowest BCUT2D eigenvalue weighted by molar-refractivity contribution is -0.138. The van der Waals surface area contributed by atoms with Gasteiger partial charge in [-0.15, -0.1) is 0 Å². The first-order valence-corrected chi connectivity index (χ1v) is 18.3. The first kappa shape index (κ1) is 40.1. The Morgan fingerprint density at radius 3 is 1.15 bits per heavy atom. The average Bonchev–Trinajstić information content (AvgIpc) is 3.73. The molecule has 0 unspecified atom stereocenters. The van der Waals surface area contributed by atoms with E-state index >= 15 is 0 Å². The van der Waals surface area contributed by atoms with Crippen LogP contribution in [0.15, 0.2) is 133 Å². The van der Waals surface area contributed by atoms with Crippen molar-refractivity contribution in [2.45, 2.75) is 24.7 Å². The van der Waals surface area contributed by atoms with Gasteiger partial charge in [-0.25, -0.2) is 4.98 Å². The SMILES string of the molecule is N#Cc1cc(-n2c3cc(C(F)(F)F)ccc3c3ccc(C(F)(F)F)cc32)c(-n2c3cc(C(F)(F)F)ccc3c3ccc(C(F)(F)F)cc32)cc1-c1cccc(-c2ccccc2)n1. The number of aromatic nitrogens is 3. The molecule has 16 heteroatoms. The second-order valence-electron chi connectivity index (χ2n) is 14.4. The molecule has 0 bridgehead atoms. The number of nitriles is 1. The Morgan fingerprint density at radius 2 is 0.774 bits per heavy atom. The summed E-state index contributed by atoms with van der Waals surface area (Å²) in [5.74, 6) is 0. The number of hydrogen-bond donors (Lipinski definition) is 0. The van der Waals surface area contributed by atoms with Crippen molar-refractivity contribution in [3.8, 4) is 40.0 Å². The molecule has 3 heterocycles. The average molecular weight is 859 g/mol. The standard InChI is InChI=1S/C46H22F12N4/c47-43(48,49)26-9-13-30-31-14-10-27(44(50,51)52)19-38(31)61(37(30)18-26)41-17-25(23-59)34(36-8-4-7-35(60-36)24-5-2-1-3-6-24)22-42(41)62-39-20-28(45(53,54)55)11-15-32(39)33-16-12-29(21-40(33)62)46(56,57)58/h1-22H. The fourth-order valence-electron chi connectivity index (χ4n) is 7.86. The number of nitrogens with zero attached hydrogens (tertiary/aromatic N) is 4. The van der Waals surface area contributed by atoms with Gasteiger partial charge in [0.05, 0.1) is 78.7 Å². The van der Waals surface area contributed by atoms with Gasteiger partial charge in [-0.2, -0.15) is 57.9 Å².